The summed E-state index contributed by atoms with van der Waals surface area (Å²) in [7, 11) is 0. The Kier molecular flexibility index (Phi) is 3.82. The molecule has 1 aromatic heterocycles. The summed E-state index contributed by atoms with van der Waals surface area (Å²) in [4.78, 5) is 11.3. The van der Waals surface area contributed by atoms with Crippen LogP contribution in [0.1, 0.15) is 10.4 Å². The van der Waals surface area contributed by atoms with E-state index in [2.05, 4.69) is 5.10 Å². The number of amides is 1. The molecule has 108 valence electrons. The fourth-order valence-corrected chi connectivity index (χ4v) is 2.05. The van der Waals surface area contributed by atoms with E-state index in [0.29, 0.717) is 16.6 Å². The average molecular weight is 307 g/mol. The normalized spacial score (nSPS) is 10.3. The Balaban J connectivity index is 0.00000161. The molecule has 5 nitrogen and oxygen atoms in total. The van der Waals surface area contributed by atoms with Gasteiger partial charge in [-0.1, -0.05) is 0 Å². The van der Waals surface area contributed by atoms with Crippen LogP contribution in [0.15, 0.2) is 42.6 Å². The van der Waals surface area contributed by atoms with Gasteiger partial charge in [-0.05, 0) is 36.4 Å². The van der Waals surface area contributed by atoms with E-state index in [1.165, 1.54) is 6.07 Å². The first kappa shape index (κ1) is 14.8. The van der Waals surface area contributed by atoms with E-state index in [9.17, 15) is 9.18 Å². The maximum atomic E-state index is 13.5. The van der Waals surface area contributed by atoms with Crippen molar-refractivity contribution >= 4 is 34.9 Å². The minimum Gasteiger partial charge on any atom is -0.399 e. The van der Waals surface area contributed by atoms with Gasteiger partial charge in [-0.15, -0.1) is 12.4 Å². The molecule has 3 aromatic rings. The van der Waals surface area contributed by atoms with Gasteiger partial charge in [0.2, 0.25) is 0 Å². The number of fused-ring (bicyclic) bond motifs is 1. The molecule has 0 radical (unpaired) electrons. The van der Waals surface area contributed by atoms with Crippen molar-refractivity contribution in [2.45, 2.75) is 0 Å². The van der Waals surface area contributed by atoms with Gasteiger partial charge in [-0.2, -0.15) is 5.10 Å². The van der Waals surface area contributed by atoms with Crippen molar-refractivity contribution in [3.05, 3.63) is 54.0 Å². The van der Waals surface area contributed by atoms with E-state index in [-0.39, 0.29) is 18.0 Å². The van der Waals surface area contributed by atoms with Gasteiger partial charge in [0.15, 0.2) is 0 Å². The third kappa shape index (κ3) is 2.66. The van der Waals surface area contributed by atoms with E-state index < -0.39 is 11.7 Å². The number of halogens is 2. The molecule has 0 aliphatic heterocycles. The quantitative estimate of drug-likeness (QED) is 0.712. The fourth-order valence-electron chi connectivity index (χ4n) is 2.05. The van der Waals surface area contributed by atoms with Crippen molar-refractivity contribution in [1.82, 2.24) is 9.78 Å². The molecule has 1 heterocycles. The maximum Gasteiger partial charge on any atom is 0.251 e. The number of rotatable bonds is 2. The molecule has 21 heavy (non-hydrogen) atoms. The number of aromatic nitrogens is 2. The van der Waals surface area contributed by atoms with Crippen molar-refractivity contribution < 1.29 is 9.18 Å². The highest BCUT2D eigenvalue weighted by atomic mass is 35.5. The van der Waals surface area contributed by atoms with Crippen LogP contribution < -0.4 is 11.5 Å². The second kappa shape index (κ2) is 5.41. The van der Waals surface area contributed by atoms with E-state index >= 15 is 0 Å². The van der Waals surface area contributed by atoms with Crippen LogP contribution in [0.5, 0.6) is 0 Å². The maximum absolute atomic E-state index is 13.5. The molecular weight excluding hydrogens is 295 g/mol. The zero-order valence-corrected chi connectivity index (χ0v) is 11.6. The van der Waals surface area contributed by atoms with Crippen molar-refractivity contribution in [3.63, 3.8) is 0 Å². The Morgan fingerprint density at radius 1 is 1.19 bits per heavy atom. The number of nitrogens with zero attached hydrogens (tertiary/aromatic N) is 2. The molecular formula is C14H12ClFN4O. The molecule has 0 spiro atoms. The zero-order valence-electron chi connectivity index (χ0n) is 10.8. The number of anilines is 1. The predicted molar refractivity (Wildman–Crippen MR) is 81.2 cm³/mol. The van der Waals surface area contributed by atoms with Crippen LogP contribution in [0.2, 0.25) is 0 Å². The molecule has 0 atom stereocenters. The van der Waals surface area contributed by atoms with Crippen LogP contribution in [-0.2, 0) is 0 Å². The summed E-state index contributed by atoms with van der Waals surface area (Å²) in [6, 6.07) is 9.42. The molecule has 3 rings (SSSR count). The lowest BCUT2D eigenvalue weighted by Crippen LogP contribution is -2.12. The molecule has 0 saturated carbocycles. The highest BCUT2D eigenvalue weighted by molar-refractivity contribution is 6.04. The summed E-state index contributed by atoms with van der Waals surface area (Å²) in [6.07, 6.45) is 1.64. The van der Waals surface area contributed by atoms with E-state index in [1.54, 1.807) is 35.1 Å². The molecule has 0 aliphatic rings. The zero-order chi connectivity index (χ0) is 14.3. The smallest absolute Gasteiger partial charge is 0.251 e. The van der Waals surface area contributed by atoms with E-state index in [4.69, 9.17) is 11.5 Å². The SMILES string of the molecule is Cl.NC(=O)c1cc(F)cc2cn(-c3ccc(N)cc3)nc12. The third-order valence-corrected chi connectivity index (χ3v) is 3.00. The summed E-state index contributed by atoms with van der Waals surface area (Å²) < 4.78 is 15.0. The molecule has 0 unspecified atom stereocenters. The second-order valence-electron chi connectivity index (χ2n) is 4.42. The van der Waals surface area contributed by atoms with Crippen molar-refractivity contribution in [2.75, 3.05) is 5.73 Å². The largest absolute Gasteiger partial charge is 0.399 e. The summed E-state index contributed by atoms with van der Waals surface area (Å²) in [5.74, 6) is -1.24. The van der Waals surface area contributed by atoms with Gasteiger partial charge in [0, 0.05) is 17.3 Å². The molecule has 2 aromatic carbocycles. The predicted octanol–water partition coefficient (Wildman–Crippen LogP) is 2.27. The van der Waals surface area contributed by atoms with Gasteiger partial charge >= 0.3 is 0 Å². The number of hydrogen-bond acceptors (Lipinski definition) is 3. The van der Waals surface area contributed by atoms with Crippen LogP contribution in [0, 0.1) is 5.82 Å². The number of benzene rings is 2. The number of hydrogen-bond donors (Lipinski definition) is 2. The lowest BCUT2D eigenvalue weighted by molar-refractivity contribution is 0.100. The summed E-state index contributed by atoms with van der Waals surface area (Å²) >= 11 is 0. The standard InChI is InChI=1S/C14H11FN4O.ClH/c15-9-5-8-7-19(11-3-1-10(16)2-4-11)18-13(8)12(6-9)14(17)20;/h1-7H,16H2,(H2,17,20);1H. The lowest BCUT2D eigenvalue weighted by Gasteiger charge is -2.00. The Morgan fingerprint density at radius 3 is 2.48 bits per heavy atom. The first-order valence-electron chi connectivity index (χ1n) is 5.89. The van der Waals surface area contributed by atoms with Gasteiger partial charge in [-0.25, -0.2) is 9.07 Å². The summed E-state index contributed by atoms with van der Waals surface area (Å²) in [5.41, 5.74) is 12.7. The van der Waals surface area contributed by atoms with Gasteiger partial charge in [0.05, 0.1) is 11.3 Å². The van der Waals surface area contributed by atoms with E-state index in [1.807, 2.05) is 0 Å². The lowest BCUT2D eigenvalue weighted by atomic mass is 10.1. The summed E-state index contributed by atoms with van der Waals surface area (Å²) in [6.45, 7) is 0. The Bertz CT molecular complexity index is 814. The molecule has 0 saturated heterocycles. The van der Waals surface area contributed by atoms with Crippen LogP contribution in [-0.4, -0.2) is 15.7 Å². The minimum atomic E-state index is -0.711. The molecule has 0 fully saturated rings. The molecule has 0 bridgehead atoms. The number of carbonyl (C=O) groups is 1. The van der Waals surface area contributed by atoms with Crippen molar-refractivity contribution in [3.8, 4) is 5.69 Å². The first-order chi connectivity index (χ1) is 9.54. The fraction of sp³-hybridized carbons (Fsp3) is 0. The molecule has 4 N–H and O–H groups in total. The van der Waals surface area contributed by atoms with E-state index in [0.717, 1.165) is 11.8 Å². The number of carbonyl (C=O) groups excluding carboxylic acids is 1. The number of nitrogens with two attached hydrogens (primary N) is 2. The van der Waals surface area contributed by atoms with Gasteiger partial charge < -0.3 is 11.5 Å². The first-order valence-corrected chi connectivity index (χ1v) is 5.89. The average Bonchev–Trinajstić information content (AvgIpc) is 2.81. The number of primary amides is 1. The van der Waals surface area contributed by atoms with Crippen LogP contribution in [0.4, 0.5) is 10.1 Å². The monoisotopic (exact) mass is 306 g/mol. The van der Waals surface area contributed by atoms with Crippen molar-refractivity contribution in [2.24, 2.45) is 5.73 Å². The highest BCUT2D eigenvalue weighted by Crippen LogP contribution is 2.21. The topological polar surface area (TPSA) is 86.9 Å². The van der Waals surface area contributed by atoms with Gasteiger partial charge in [-0.3, -0.25) is 4.79 Å². The Hall–Kier alpha value is -2.60. The molecule has 1 amide bonds. The van der Waals surface area contributed by atoms with Gasteiger partial charge in [0.1, 0.15) is 11.3 Å². The van der Waals surface area contributed by atoms with Crippen LogP contribution in [0.25, 0.3) is 16.6 Å². The van der Waals surface area contributed by atoms with Crippen molar-refractivity contribution in [1.29, 1.82) is 0 Å². The number of nitrogen functional groups attached to an aromatic ring is 1. The molecule has 7 heteroatoms. The Labute approximate surface area is 125 Å². The van der Waals surface area contributed by atoms with Crippen LogP contribution in [0.3, 0.4) is 0 Å². The minimum absolute atomic E-state index is 0. The molecule has 0 aliphatic carbocycles. The Morgan fingerprint density at radius 2 is 1.86 bits per heavy atom. The highest BCUT2D eigenvalue weighted by Gasteiger charge is 2.13. The summed E-state index contributed by atoms with van der Waals surface area (Å²) in [5, 5.41) is 4.79. The van der Waals surface area contributed by atoms with Gasteiger partial charge in [0.25, 0.3) is 5.91 Å². The third-order valence-electron chi connectivity index (χ3n) is 3.00. The van der Waals surface area contributed by atoms with Crippen LogP contribution >= 0.6 is 12.4 Å². The second-order valence-corrected chi connectivity index (χ2v) is 4.42.